The molecule has 180 valence electrons. The van der Waals surface area contributed by atoms with Gasteiger partial charge in [-0.3, -0.25) is 19.1 Å². The molecule has 0 aliphatic heterocycles. The van der Waals surface area contributed by atoms with Gasteiger partial charge in [0.1, 0.15) is 11.6 Å². The molecular formula is C23H21ClN6O4S. The van der Waals surface area contributed by atoms with E-state index >= 15 is 0 Å². The van der Waals surface area contributed by atoms with Gasteiger partial charge in [-0.05, 0) is 23.8 Å². The molecule has 35 heavy (non-hydrogen) atoms. The van der Waals surface area contributed by atoms with Gasteiger partial charge >= 0.3 is 5.69 Å². The number of hydrogen-bond acceptors (Lipinski definition) is 7. The minimum atomic E-state index is -0.607. The number of nitrogens with one attached hydrogen (secondary N) is 3. The number of benzene rings is 2. The van der Waals surface area contributed by atoms with Gasteiger partial charge in [0.25, 0.3) is 5.56 Å². The largest absolute Gasteiger partial charge is 0.497 e. The molecule has 0 aliphatic carbocycles. The molecule has 4 rings (SSSR count). The van der Waals surface area contributed by atoms with E-state index in [1.54, 1.807) is 29.9 Å². The van der Waals surface area contributed by atoms with E-state index in [9.17, 15) is 14.4 Å². The highest BCUT2D eigenvalue weighted by Gasteiger charge is 2.17. The van der Waals surface area contributed by atoms with Crippen molar-refractivity contribution >= 4 is 29.3 Å². The van der Waals surface area contributed by atoms with Crippen LogP contribution in [0.5, 0.6) is 5.75 Å². The Morgan fingerprint density at radius 2 is 1.94 bits per heavy atom. The lowest BCUT2D eigenvalue weighted by Crippen LogP contribution is -2.25. The molecule has 0 radical (unpaired) electrons. The molecule has 1 amide bonds. The molecule has 0 fully saturated rings. The van der Waals surface area contributed by atoms with Gasteiger partial charge in [-0.25, -0.2) is 4.79 Å². The Morgan fingerprint density at radius 3 is 2.71 bits per heavy atom. The average molecular weight is 513 g/mol. The molecule has 2 aromatic carbocycles. The summed E-state index contributed by atoms with van der Waals surface area (Å²) in [6.45, 7) is 0.308. The number of aromatic nitrogens is 5. The summed E-state index contributed by atoms with van der Waals surface area (Å²) in [4.78, 5) is 40.6. The van der Waals surface area contributed by atoms with Crippen LogP contribution in [0.25, 0.3) is 5.69 Å². The van der Waals surface area contributed by atoms with Crippen LogP contribution in [0, 0.1) is 0 Å². The van der Waals surface area contributed by atoms with Gasteiger partial charge < -0.3 is 15.0 Å². The third-order valence-corrected chi connectivity index (χ3v) is 6.24. The summed E-state index contributed by atoms with van der Waals surface area (Å²) < 4.78 is 7.09. The second-order valence-electron chi connectivity index (χ2n) is 7.38. The summed E-state index contributed by atoms with van der Waals surface area (Å²) in [6, 6.07) is 15.9. The maximum Gasteiger partial charge on any atom is 0.325 e. The maximum absolute atomic E-state index is 12.5. The molecule has 0 aliphatic rings. The van der Waals surface area contributed by atoms with Gasteiger partial charge in [0.2, 0.25) is 5.91 Å². The highest BCUT2D eigenvalue weighted by molar-refractivity contribution is 7.99. The zero-order chi connectivity index (χ0) is 24.8. The van der Waals surface area contributed by atoms with Gasteiger partial charge in [0.05, 0.1) is 18.6 Å². The fraction of sp³-hybridized carbons (Fsp3) is 0.174. The molecule has 3 N–H and O–H groups in total. The van der Waals surface area contributed by atoms with Crippen molar-refractivity contribution in [3.8, 4) is 11.4 Å². The van der Waals surface area contributed by atoms with Crippen LogP contribution in [0.2, 0.25) is 5.02 Å². The highest BCUT2D eigenvalue weighted by Crippen LogP contribution is 2.25. The number of rotatable bonds is 9. The van der Waals surface area contributed by atoms with Crippen molar-refractivity contribution in [1.82, 2.24) is 30.0 Å². The Morgan fingerprint density at radius 1 is 1.11 bits per heavy atom. The van der Waals surface area contributed by atoms with Crippen LogP contribution in [-0.2, 0) is 17.8 Å². The Kier molecular flexibility index (Phi) is 7.68. The van der Waals surface area contributed by atoms with Gasteiger partial charge in [0, 0.05) is 35.8 Å². The van der Waals surface area contributed by atoms with Crippen molar-refractivity contribution in [1.29, 1.82) is 0 Å². The van der Waals surface area contributed by atoms with E-state index < -0.39 is 11.2 Å². The van der Waals surface area contributed by atoms with Crippen LogP contribution in [0.15, 0.2) is 69.3 Å². The predicted octanol–water partition coefficient (Wildman–Crippen LogP) is 2.31. The number of hydrogen-bond donors (Lipinski definition) is 3. The second kappa shape index (κ2) is 11.1. The van der Waals surface area contributed by atoms with E-state index in [1.807, 2.05) is 30.3 Å². The fourth-order valence-electron chi connectivity index (χ4n) is 3.32. The predicted molar refractivity (Wildman–Crippen MR) is 132 cm³/mol. The molecule has 0 saturated heterocycles. The maximum atomic E-state index is 12.5. The SMILES string of the molecule is COc1cccc(-n2c(Cc3cc(=O)[nH]c(=O)[nH]3)nnc2SCC(=O)NCc2ccccc2Cl)c1. The second-order valence-corrected chi connectivity index (χ2v) is 8.73. The van der Waals surface area contributed by atoms with E-state index in [0.29, 0.717) is 39.7 Å². The van der Waals surface area contributed by atoms with Gasteiger partial charge in [-0.1, -0.05) is 47.6 Å². The molecule has 2 aromatic heterocycles. The first kappa shape index (κ1) is 24.3. The minimum Gasteiger partial charge on any atom is -0.497 e. The lowest BCUT2D eigenvalue weighted by molar-refractivity contribution is -0.118. The summed E-state index contributed by atoms with van der Waals surface area (Å²) in [5.41, 5.74) is 0.784. The van der Waals surface area contributed by atoms with Crippen molar-refractivity contribution in [2.45, 2.75) is 18.1 Å². The number of methoxy groups -OCH3 is 1. The summed E-state index contributed by atoms with van der Waals surface area (Å²) in [6.07, 6.45) is 0.142. The molecule has 0 bridgehead atoms. The average Bonchev–Trinajstić information content (AvgIpc) is 3.23. The van der Waals surface area contributed by atoms with E-state index in [1.165, 1.54) is 17.8 Å². The van der Waals surface area contributed by atoms with Crippen LogP contribution in [0.1, 0.15) is 17.1 Å². The lowest BCUT2D eigenvalue weighted by atomic mass is 10.2. The number of carbonyl (C=O) groups is 1. The summed E-state index contributed by atoms with van der Waals surface area (Å²) in [7, 11) is 1.56. The van der Waals surface area contributed by atoms with Gasteiger partial charge in [-0.15, -0.1) is 10.2 Å². The van der Waals surface area contributed by atoms with Gasteiger partial charge in [-0.2, -0.15) is 0 Å². The number of H-pyrrole nitrogens is 2. The topological polar surface area (TPSA) is 135 Å². The summed E-state index contributed by atoms with van der Waals surface area (Å²) in [5, 5.41) is 12.4. The van der Waals surface area contributed by atoms with Crippen LogP contribution in [0.4, 0.5) is 0 Å². The third kappa shape index (κ3) is 6.19. The minimum absolute atomic E-state index is 0.0917. The first-order valence-electron chi connectivity index (χ1n) is 10.5. The number of nitrogens with zero attached hydrogens (tertiary/aromatic N) is 3. The standard InChI is InChI=1S/C23H21ClN6O4S/c1-34-17-7-4-6-16(11-17)30-19(9-15-10-20(31)27-22(33)26-15)28-29-23(30)35-13-21(32)25-12-14-5-2-3-8-18(14)24/h2-8,10-11H,9,12-13H2,1H3,(H,25,32)(H2,26,27,31,33). The summed E-state index contributed by atoms with van der Waals surface area (Å²) >= 11 is 7.35. The molecule has 10 nitrogen and oxygen atoms in total. The Bertz CT molecular complexity index is 1440. The first-order chi connectivity index (χ1) is 16.9. The van der Waals surface area contributed by atoms with Crippen LogP contribution in [-0.4, -0.2) is 43.5 Å². The smallest absolute Gasteiger partial charge is 0.325 e. The summed E-state index contributed by atoms with van der Waals surface area (Å²) in [5.74, 6) is 0.989. The van der Waals surface area contributed by atoms with Crippen LogP contribution >= 0.6 is 23.4 Å². The van der Waals surface area contributed by atoms with E-state index in [0.717, 1.165) is 5.56 Å². The molecule has 0 unspecified atom stereocenters. The van der Waals surface area contributed by atoms with Crippen LogP contribution < -0.4 is 21.3 Å². The number of ether oxygens (including phenoxy) is 1. The van der Waals surface area contributed by atoms with E-state index in [4.69, 9.17) is 16.3 Å². The molecular weight excluding hydrogens is 492 g/mol. The number of thioether (sulfide) groups is 1. The van der Waals surface area contributed by atoms with E-state index in [2.05, 4.69) is 25.5 Å². The molecule has 2 heterocycles. The fourth-order valence-corrected chi connectivity index (χ4v) is 4.32. The van der Waals surface area contributed by atoms with Crippen molar-refractivity contribution < 1.29 is 9.53 Å². The Labute approximate surface area is 208 Å². The molecule has 12 heteroatoms. The number of halogens is 1. The normalized spacial score (nSPS) is 10.8. The Balaban J connectivity index is 1.56. The first-order valence-corrected chi connectivity index (χ1v) is 11.8. The van der Waals surface area contributed by atoms with Crippen molar-refractivity contribution in [3.63, 3.8) is 0 Å². The van der Waals surface area contributed by atoms with E-state index in [-0.39, 0.29) is 18.1 Å². The van der Waals surface area contributed by atoms with Crippen LogP contribution in [0.3, 0.4) is 0 Å². The number of amides is 1. The van der Waals surface area contributed by atoms with Crippen molar-refractivity contribution in [2.75, 3.05) is 12.9 Å². The lowest BCUT2D eigenvalue weighted by Gasteiger charge is -2.12. The zero-order valence-electron chi connectivity index (χ0n) is 18.6. The van der Waals surface area contributed by atoms with Crippen molar-refractivity contribution in [2.24, 2.45) is 0 Å². The monoisotopic (exact) mass is 512 g/mol. The van der Waals surface area contributed by atoms with Gasteiger partial charge in [0.15, 0.2) is 5.16 Å². The Hall–Kier alpha value is -3.83. The number of carbonyl (C=O) groups excluding carboxylic acids is 1. The van der Waals surface area contributed by atoms with Crippen molar-refractivity contribution in [3.05, 3.63) is 97.5 Å². The molecule has 0 spiro atoms. The zero-order valence-corrected chi connectivity index (χ0v) is 20.2. The quantitative estimate of drug-likeness (QED) is 0.293. The molecule has 0 atom stereocenters. The third-order valence-electron chi connectivity index (χ3n) is 4.94. The molecule has 4 aromatic rings. The number of aromatic amines is 2. The molecule has 0 saturated carbocycles. The highest BCUT2D eigenvalue weighted by atomic mass is 35.5.